The van der Waals surface area contributed by atoms with Crippen LogP contribution in [0.5, 0.6) is 0 Å². The highest BCUT2D eigenvalue weighted by atomic mass is 15.3. The van der Waals surface area contributed by atoms with Crippen LogP contribution in [0.15, 0.2) is 37.3 Å². The summed E-state index contributed by atoms with van der Waals surface area (Å²) in [6.45, 7) is 2.59. The summed E-state index contributed by atoms with van der Waals surface area (Å²) in [7, 11) is 2.04. The smallest absolute Gasteiger partial charge is 0.152 e. The van der Waals surface area contributed by atoms with E-state index in [0.717, 1.165) is 43.4 Å². The lowest BCUT2D eigenvalue weighted by Crippen LogP contribution is -2.35. The van der Waals surface area contributed by atoms with Gasteiger partial charge in [-0.2, -0.15) is 0 Å². The molecule has 1 aliphatic rings. The van der Waals surface area contributed by atoms with Gasteiger partial charge in [0.1, 0.15) is 11.6 Å². The summed E-state index contributed by atoms with van der Waals surface area (Å²) < 4.78 is 4.12. The van der Waals surface area contributed by atoms with Gasteiger partial charge in [-0.15, -0.1) is 10.2 Å². The maximum absolute atomic E-state index is 4.46. The quantitative estimate of drug-likeness (QED) is 0.718. The van der Waals surface area contributed by atoms with Crippen molar-refractivity contribution in [1.82, 2.24) is 34.3 Å². The Balaban J connectivity index is 1.52. The monoisotopic (exact) mass is 324 g/mol. The van der Waals surface area contributed by atoms with Crippen LogP contribution in [0.4, 0.5) is 5.82 Å². The maximum Gasteiger partial charge on any atom is 0.152 e. The highest BCUT2D eigenvalue weighted by Gasteiger charge is 2.26. The van der Waals surface area contributed by atoms with Crippen LogP contribution in [0.25, 0.3) is 0 Å². The van der Waals surface area contributed by atoms with Gasteiger partial charge in [0.05, 0.1) is 19.1 Å². The molecule has 3 aromatic rings. The summed E-state index contributed by atoms with van der Waals surface area (Å²) >= 11 is 0. The molecule has 0 aliphatic carbocycles. The molecule has 1 fully saturated rings. The number of anilines is 1. The van der Waals surface area contributed by atoms with E-state index in [2.05, 4.69) is 34.6 Å². The van der Waals surface area contributed by atoms with Gasteiger partial charge in [-0.1, -0.05) is 0 Å². The summed E-state index contributed by atoms with van der Waals surface area (Å²) in [5.41, 5.74) is 0. The van der Waals surface area contributed by atoms with E-state index >= 15 is 0 Å². The lowest BCUT2D eigenvalue weighted by Gasteiger charge is -2.32. The van der Waals surface area contributed by atoms with Gasteiger partial charge in [0.2, 0.25) is 0 Å². The zero-order valence-electron chi connectivity index (χ0n) is 13.7. The van der Waals surface area contributed by atoms with Crippen molar-refractivity contribution in [3.05, 3.63) is 49.0 Å². The zero-order chi connectivity index (χ0) is 16.4. The van der Waals surface area contributed by atoms with Crippen LogP contribution in [0.2, 0.25) is 0 Å². The molecule has 124 valence electrons. The molecule has 4 rings (SSSR count). The van der Waals surface area contributed by atoms with Gasteiger partial charge in [0.15, 0.2) is 5.82 Å². The molecule has 0 spiro atoms. The van der Waals surface area contributed by atoms with Crippen LogP contribution < -0.4 is 4.90 Å². The number of nitrogens with zero attached hydrogens (tertiary/aromatic N) is 8. The first-order chi connectivity index (χ1) is 11.8. The summed E-state index contributed by atoms with van der Waals surface area (Å²) in [6, 6.07) is 0. The van der Waals surface area contributed by atoms with E-state index < -0.39 is 0 Å². The average Bonchev–Trinajstić information content (AvgIpc) is 3.27. The third kappa shape index (κ3) is 2.86. The SMILES string of the molecule is Cn1c(Cn2ccnc2)nnc1C1CCCN(c2cnccn2)C1. The van der Waals surface area contributed by atoms with E-state index in [1.807, 2.05) is 24.0 Å². The fourth-order valence-corrected chi connectivity index (χ4v) is 3.26. The first-order valence-corrected chi connectivity index (χ1v) is 8.16. The number of hydrogen-bond acceptors (Lipinski definition) is 6. The van der Waals surface area contributed by atoms with Crippen LogP contribution >= 0.6 is 0 Å². The van der Waals surface area contributed by atoms with Crippen LogP contribution in [0.1, 0.15) is 30.4 Å². The van der Waals surface area contributed by atoms with E-state index in [-0.39, 0.29) is 0 Å². The molecule has 0 amide bonds. The van der Waals surface area contributed by atoms with Crippen LogP contribution in [-0.4, -0.2) is 47.4 Å². The Kier molecular flexibility index (Phi) is 3.94. The van der Waals surface area contributed by atoms with Crippen LogP contribution in [0, 0.1) is 0 Å². The second-order valence-corrected chi connectivity index (χ2v) is 6.12. The third-order valence-electron chi connectivity index (χ3n) is 4.54. The molecule has 1 saturated heterocycles. The minimum absolute atomic E-state index is 0.356. The Bertz CT molecular complexity index is 780. The summed E-state index contributed by atoms with van der Waals surface area (Å²) in [5, 5.41) is 8.85. The molecular weight excluding hydrogens is 304 g/mol. The van der Waals surface area contributed by atoms with Crippen molar-refractivity contribution in [3.63, 3.8) is 0 Å². The normalized spacial score (nSPS) is 18.0. The molecule has 4 heterocycles. The Hall–Kier alpha value is -2.77. The number of hydrogen-bond donors (Lipinski definition) is 0. The van der Waals surface area contributed by atoms with Gasteiger partial charge in [-0.05, 0) is 12.8 Å². The molecular formula is C16H20N8. The molecule has 0 aromatic carbocycles. The fourth-order valence-electron chi connectivity index (χ4n) is 3.26. The number of aromatic nitrogens is 7. The van der Waals surface area contributed by atoms with Gasteiger partial charge < -0.3 is 14.0 Å². The molecule has 3 aromatic heterocycles. The topological polar surface area (TPSA) is 77.5 Å². The lowest BCUT2D eigenvalue weighted by atomic mass is 9.97. The molecule has 0 N–H and O–H groups in total. The molecule has 0 bridgehead atoms. The Labute approximate surface area is 140 Å². The van der Waals surface area contributed by atoms with Gasteiger partial charge in [0, 0.05) is 50.8 Å². The van der Waals surface area contributed by atoms with E-state index in [1.54, 1.807) is 24.9 Å². The van der Waals surface area contributed by atoms with E-state index in [1.165, 1.54) is 0 Å². The minimum atomic E-state index is 0.356. The number of piperidine rings is 1. The predicted octanol–water partition coefficient (Wildman–Crippen LogP) is 1.23. The molecule has 1 unspecified atom stereocenters. The van der Waals surface area contributed by atoms with Crippen molar-refractivity contribution >= 4 is 5.82 Å². The highest BCUT2D eigenvalue weighted by molar-refractivity contribution is 5.36. The standard InChI is InChI=1S/C16H20N8/c1-22-15(11-23-8-6-18-12-23)20-21-16(22)13-3-2-7-24(10-13)14-9-17-4-5-19-14/h4-6,8-9,12-13H,2-3,7,10-11H2,1H3. The first kappa shape index (κ1) is 14.8. The van der Waals surface area contributed by atoms with E-state index in [9.17, 15) is 0 Å². The maximum atomic E-state index is 4.46. The lowest BCUT2D eigenvalue weighted by molar-refractivity contribution is 0.475. The Morgan fingerprint density at radius 2 is 2.12 bits per heavy atom. The van der Waals surface area contributed by atoms with E-state index in [0.29, 0.717) is 12.5 Å². The van der Waals surface area contributed by atoms with E-state index in [4.69, 9.17) is 0 Å². The van der Waals surface area contributed by atoms with Gasteiger partial charge in [-0.25, -0.2) is 9.97 Å². The largest absolute Gasteiger partial charge is 0.355 e. The highest BCUT2D eigenvalue weighted by Crippen LogP contribution is 2.28. The summed E-state index contributed by atoms with van der Waals surface area (Å²) in [6.07, 6.45) is 13.0. The minimum Gasteiger partial charge on any atom is -0.355 e. The number of imidazole rings is 1. The molecule has 1 aliphatic heterocycles. The molecule has 8 nitrogen and oxygen atoms in total. The van der Waals surface area contributed by atoms with Gasteiger partial charge in [0.25, 0.3) is 0 Å². The van der Waals surface area contributed by atoms with Gasteiger partial charge in [-0.3, -0.25) is 4.98 Å². The molecule has 1 atom stereocenters. The van der Waals surface area contributed by atoms with Crippen molar-refractivity contribution in [1.29, 1.82) is 0 Å². The fraction of sp³-hybridized carbons (Fsp3) is 0.438. The van der Waals surface area contributed by atoms with Crippen LogP contribution in [0.3, 0.4) is 0 Å². The average molecular weight is 324 g/mol. The van der Waals surface area contributed by atoms with Crippen molar-refractivity contribution in [2.75, 3.05) is 18.0 Å². The zero-order valence-corrected chi connectivity index (χ0v) is 13.7. The predicted molar refractivity (Wildman–Crippen MR) is 88.6 cm³/mol. The van der Waals surface area contributed by atoms with Crippen molar-refractivity contribution < 1.29 is 0 Å². The molecule has 0 radical (unpaired) electrons. The second-order valence-electron chi connectivity index (χ2n) is 6.12. The Morgan fingerprint density at radius 1 is 1.17 bits per heavy atom. The molecule has 24 heavy (non-hydrogen) atoms. The van der Waals surface area contributed by atoms with Crippen molar-refractivity contribution in [2.45, 2.75) is 25.3 Å². The summed E-state index contributed by atoms with van der Waals surface area (Å²) in [4.78, 5) is 15.0. The number of rotatable bonds is 4. The van der Waals surface area contributed by atoms with Gasteiger partial charge >= 0.3 is 0 Å². The van der Waals surface area contributed by atoms with Crippen LogP contribution in [-0.2, 0) is 13.6 Å². The summed E-state index contributed by atoms with van der Waals surface area (Å²) in [5.74, 6) is 3.27. The van der Waals surface area contributed by atoms with Crippen molar-refractivity contribution in [2.24, 2.45) is 7.05 Å². The molecule has 0 saturated carbocycles. The first-order valence-electron chi connectivity index (χ1n) is 8.16. The third-order valence-corrected chi connectivity index (χ3v) is 4.54. The van der Waals surface area contributed by atoms with Crippen molar-refractivity contribution in [3.8, 4) is 0 Å². The Morgan fingerprint density at radius 3 is 2.92 bits per heavy atom. The molecule has 8 heteroatoms. The second kappa shape index (κ2) is 6.38.